The van der Waals surface area contributed by atoms with Gasteiger partial charge in [0.25, 0.3) is 5.91 Å². The van der Waals surface area contributed by atoms with Crippen molar-refractivity contribution in [1.82, 2.24) is 5.43 Å². The lowest BCUT2D eigenvalue weighted by Gasteiger charge is -2.12. The van der Waals surface area contributed by atoms with Crippen LogP contribution in [0.2, 0.25) is 0 Å². The van der Waals surface area contributed by atoms with Crippen molar-refractivity contribution in [2.24, 2.45) is 5.10 Å². The number of amides is 2. The molecule has 6 heteroatoms. The second kappa shape index (κ2) is 5.42. The van der Waals surface area contributed by atoms with E-state index in [1.54, 1.807) is 24.3 Å². The van der Waals surface area contributed by atoms with Gasteiger partial charge < -0.3 is 10.4 Å². The van der Waals surface area contributed by atoms with E-state index in [-0.39, 0.29) is 24.8 Å². The Hall–Kier alpha value is -2.21. The zero-order valence-electron chi connectivity index (χ0n) is 9.64. The minimum Gasteiger partial charge on any atom is -0.392 e. The number of carbonyl (C=O) groups excluding carboxylic acids is 2. The van der Waals surface area contributed by atoms with Crippen LogP contribution in [0.25, 0.3) is 0 Å². The van der Waals surface area contributed by atoms with Gasteiger partial charge in [-0.1, -0.05) is 12.1 Å². The maximum atomic E-state index is 11.8. The van der Waals surface area contributed by atoms with E-state index < -0.39 is 0 Å². The average molecular weight is 247 g/mol. The van der Waals surface area contributed by atoms with Crippen LogP contribution in [-0.2, 0) is 16.2 Å². The summed E-state index contributed by atoms with van der Waals surface area (Å²) < 4.78 is 0. The summed E-state index contributed by atoms with van der Waals surface area (Å²) in [4.78, 5) is 22.7. The first-order valence-corrected chi connectivity index (χ1v) is 5.55. The molecule has 1 aromatic rings. The number of hydrogen-bond acceptors (Lipinski definition) is 4. The number of hydrazone groups is 1. The maximum absolute atomic E-state index is 11.8. The molecule has 0 spiro atoms. The van der Waals surface area contributed by atoms with Gasteiger partial charge in [0.15, 0.2) is 0 Å². The van der Waals surface area contributed by atoms with E-state index >= 15 is 0 Å². The molecule has 2 amide bonds. The summed E-state index contributed by atoms with van der Waals surface area (Å²) in [6.07, 6.45) is 0.613. The van der Waals surface area contributed by atoms with Crippen molar-refractivity contribution in [1.29, 1.82) is 0 Å². The normalized spacial score (nSPS) is 14.7. The second-order valence-electron chi connectivity index (χ2n) is 3.90. The molecular formula is C12H13N3O3. The van der Waals surface area contributed by atoms with Crippen LogP contribution in [0, 0.1) is 0 Å². The fraction of sp³-hybridized carbons (Fsp3) is 0.250. The van der Waals surface area contributed by atoms with Crippen LogP contribution in [0.15, 0.2) is 29.4 Å². The van der Waals surface area contributed by atoms with Crippen LogP contribution in [0.3, 0.4) is 0 Å². The van der Waals surface area contributed by atoms with Gasteiger partial charge in [-0.25, -0.2) is 5.43 Å². The molecule has 6 nitrogen and oxygen atoms in total. The molecule has 94 valence electrons. The Morgan fingerprint density at radius 3 is 2.61 bits per heavy atom. The third kappa shape index (κ3) is 2.92. The lowest BCUT2D eigenvalue weighted by Crippen LogP contribution is -2.32. The number of aliphatic hydroxyl groups is 1. The molecule has 1 heterocycles. The molecule has 0 saturated heterocycles. The molecule has 0 fully saturated rings. The summed E-state index contributed by atoms with van der Waals surface area (Å²) >= 11 is 0. The quantitative estimate of drug-likeness (QED) is 0.721. The van der Waals surface area contributed by atoms with Crippen molar-refractivity contribution in [2.45, 2.75) is 19.4 Å². The SMILES string of the molecule is O=C1CCC(C(=O)Nc2ccc(CO)cc2)=NN1. The Morgan fingerprint density at radius 1 is 1.33 bits per heavy atom. The smallest absolute Gasteiger partial charge is 0.271 e. The van der Waals surface area contributed by atoms with Gasteiger partial charge in [-0.2, -0.15) is 5.10 Å². The largest absolute Gasteiger partial charge is 0.392 e. The van der Waals surface area contributed by atoms with Gasteiger partial charge >= 0.3 is 0 Å². The zero-order valence-corrected chi connectivity index (χ0v) is 9.64. The Kier molecular flexibility index (Phi) is 3.69. The van der Waals surface area contributed by atoms with E-state index in [1.165, 1.54) is 0 Å². The van der Waals surface area contributed by atoms with Crippen molar-refractivity contribution in [3.8, 4) is 0 Å². The molecule has 1 aromatic carbocycles. The molecule has 0 aliphatic carbocycles. The van der Waals surface area contributed by atoms with Crippen molar-refractivity contribution < 1.29 is 14.7 Å². The number of nitrogens with one attached hydrogen (secondary N) is 2. The molecule has 0 unspecified atom stereocenters. The first-order valence-electron chi connectivity index (χ1n) is 5.55. The molecule has 3 N–H and O–H groups in total. The Morgan fingerprint density at radius 2 is 2.06 bits per heavy atom. The molecule has 0 aromatic heterocycles. The molecular weight excluding hydrogens is 234 g/mol. The first kappa shape index (κ1) is 12.3. The van der Waals surface area contributed by atoms with E-state index in [1.807, 2.05) is 0 Å². The van der Waals surface area contributed by atoms with Crippen LogP contribution < -0.4 is 10.7 Å². The van der Waals surface area contributed by atoms with E-state index in [2.05, 4.69) is 15.8 Å². The minimum atomic E-state index is -0.327. The Balaban J connectivity index is 2.00. The van der Waals surface area contributed by atoms with Crippen molar-refractivity contribution in [3.63, 3.8) is 0 Å². The van der Waals surface area contributed by atoms with E-state index in [9.17, 15) is 9.59 Å². The molecule has 2 rings (SSSR count). The predicted octanol–water partition coefficient (Wildman–Crippen LogP) is 0.383. The van der Waals surface area contributed by atoms with Gasteiger partial charge in [-0.15, -0.1) is 0 Å². The third-order valence-electron chi connectivity index (χ3n) is 2.56. The number of hydrogen-bond donors (Lipinski definition) is 3. The summed E-state index contributed by atoms with van der Waals surface area (Å²) in [5.41, 5.74) is 3.97. The minimum absolute atomic E-state index is 0.0348. The van der Waals surface area contributed by atoms with Crippen LogP contribution in [0.4, 0.5) is 5.69 Å². The number of aliphatic hydroxyl groups excluding tert-OH is 1. The molecule has 0 atom stereocenters. The van der Waals surface area contributed by atoms with Gasteiger partial charge in [0.1, 0.15) is 5.71 Å². The Bertz CT molecular complexity index is 494. The van der Waals surface area contributed by atoms with Gasteiger partial charge in [0, 0.05) is 18.5 Å². The maximum Gasteiger partial charge on any atom is 0.271 e. The molecule has 0 bridgehead atoms. The van der Waals surface area contributed by atoms with Crippen LogP contribution in [0.1, 0.15) is 18.4 Å². The summed E-state index contributed by atoms with van der Waals surface area (Å²) in [5, 5.41) is 15.3. The second-order valence-corrected chi connectivity index (χ2v) is 3.90. The van der Waals surface area contributed by atoms with E-state index in [0.717, 1.165) is 5.56 Å². The van der Waals surface area contributed by atoms with Gasteiger partial charge in [0.2, 0.25) is 5.91 Å². The van der Waals surface area contributed by atoms with Crippen molar-refractivity contribution >= 4 is 23.2 Å². The fourth-order valence-corrected chi connectivity index (χ4v) is 1.53. The number of benzene rings is 1. The monoisotopic (exact) mass is 247 g/mol. The zero-order chi connectivity index (χ0) is 13.0. The summed E-state index contributed by atoms with van der Waals surface area (Å²) in [7, 11) is 0. The number of nitrogens with zero attached hydrogens (tertiary/aromatic N) is 1. The van der Waals surface area contributed by atoms with Crippen LogP contribution >= 0.6 is 0 Å². The van der Waals surface area contributed by atoms with Crippen molar-refractivity contribution in [3.05, 3.63) is 29.8 Å². The third-order valence-corrected chi connectivity index (χ3v) is 2.56. The first-order chi connectivity index (χ1) is 8.69. The summed E-state index contributed by atoms with van der Waals surface area (Å²) in [6.45, 7) is -0.0348. The number of carbonyl (C=O) groups is 2. The van der Waals surface area contributed by atoms with Gasteiger partial charge in [-0.3, -0.25) is 9.59 Å². The summed E-state index contributed by atoms with van der Waals surface area (Å²) in [6, 6.07) is 6.84. The van der Waals surface area contributed by atoms with E-state index in [4.69, 9.17) is 5.11 Å². The predicted molar refractivity (Wildman–Crippen MR) is 65.8 cm³/mol. The van der Waals surface area contributed by atoms with Crippen LogP contribution in [0.5, 0.6) is 0 Å². The lowest BCUT2D eigenvalue weighted by molar-refractivity contribution is -0.121. The Labute approximate surface area is 104 Å². The number of rotatable bonds is 3. The van der Waals surface area contributed by atoms with Gasteiger partial charge in [-0.05, 0) is 17.7 Å². The molecule has 0 saturated carbocycles. The molecule has 1 aliphatic rings. The molecule has 1 aliphatic heterocycles. The standard InChI is InChI=1S/C12H13N3O3/c16-7-8-1-3-9(4-2-8)13-12(18)10-5-6-11(17)15-14-10/h1-4,16H,5-7H2,(H,13,18)(H,15,17). The average Bonchev–Trinajstić information content (AvgIpc) is 2.40. The highest BCUT2D eigenvalue weighted by Gasteiger charge is 2.18. The highest BCUT2D eigenvalue weighted by atomic mass is 16.3. The van der Waals surface area contributed by atoms with E-state index in [0.29, 0.717) is 17.8 Å². The molecule has 18 heavy (non-hydrogen) atoms. The highest BCUT2D eigenvalue weighted by molar-refractivity contribution is 6.43. The highest BCUT2D eigenvalue weighted by Crippen LogP contribution is 2.10. The molecule has 0 radical (unpaired) electrons. The van der Waals surface area contributed by atoms with Crippen molar-refractivity contribution in [2.75, 3.05) is 5.32 Å². The topological polar surface area (TPSA) is 90.8 Å². The number of anilines is 1. The summed E-state index contributed by atoms with van der Waals surface area (Å²) in [5.74, 6) is -0.509. The lowest BCUT2D eigenvalue weighted by atomic mass is 10.1. The van der Waals surface area contributed by atoms with Crippen LogP contribution in [-0.4, -0.2) is 22.6 Å². The fourth-order valence-electron chi connectivity index (χ4n) is 1.53. The van der Waals surface area contributed by atoms with Gasteiger partial charge in [0.05, 0.1) is 6.61 Å².